The second-order valence-corrected chi connectivity index (χ2v) is 7.91. The van der Waals surface area contributed by atoms with Gasteiger partial charge < -0.3 is 9.64 Å². The topological polar surface area (TPSA) is 45.7 Å². The molecule has 0 atom stereocenters. The number of fused-ring (bicyclic) bond motifs is 1. The van der Waals surface area contributed by atoms with E-state index in [1.807, 2.05) is 23.4 Å². The molecule has 0 aliphatic carbocycles. The normalized spacial score (nSPS) is 19.3. The van der Waals surface area contributed by atoms with Crippen molar-refractivity contribution in [3.05, 3.63) is 59.4 Å². The molecule has 3 heterocycles. The maximum Gasteiger partial charge on any atom is 0.219 e. The van der Waals surface area contributed by atoms with E-state index in [0.29, 0.717) is 13.1 Å². The van der Waals surface area contributed by atoms with E-state index in [4.69, 9.17) is 4.74 Å². The van der Waals surface area contributed by atoms with Gasteiger partial charge in [-0.2, -0.15) is 0 Å². The number of aryl methyl sites for hydroxylation is 1. The fourth-order valence-electron chi connectivity index (χ4n) is 4.16. The molecule has 2 aromatic rings. The summed E-state index contributed by atoms with van der Waals surface area (Å²) < 4.78 is 6.59. The van der Waals surface area contributed by atoms with Gasteiger partial charge >= 0.3 is 0 Å². The number of benzene rings is 1. The number of ether oxygens (including phenoxy) is 1. The summed E-state index contributed by atoms with van der Waals surface area (Å²) in [5, 5.41) is 0. The van der Waals surface area contributed by atoms with Crippen molar-refractivity contribution in [1.29, 1.82) is 0 Å². The zero-order valence-electron chi connectivity index (χ0n) is 16.1. The van der Waals surface area contributed by atoms with E-state index in [1.54, 1.807) is 6.92 Å². The summed E-state index contributed by atoms with van der Waals surface area (Å²) in [6.45, 7) is 7.87. The Bertz CT molecular complexity index is 814. The molecule has 2 aliphatic rings. The smallest absolute Gasteiger partial charge is 0.219 e. The molecule has 0 bridgehead atoms. The molecule has 142 valence electrons. The zero-order valence-corrected chi connectivity index (χ0v) is 16.1. The lowest BCUT2D eigenvalue weighted by Crippen LogP contribution is -2.53. The summed E-state index contributed by atoms with van der Waals surface area (Å²) in [6.07, 6.45) is 5.58. The van der Waals surface area contributed by atoms with Crippen molar-refractivity contribution in [2.24, 2.45) is 0 Å². The van der Waals surface area contributed by atoms with Crippen molar-refractivity contribution in [2.75, 3.05) is 19.6 Å². The number of hydrogen-bond donors (Lipinski definition) is 0. The highest BCUT2D eigenvalue weighted by Gasteiger charge is 2.41. The van der Waals surface area contributed by atoms with Crippen LogP contribution in [0.5, 0.6) is 5.75 Å². The minimum atomic E-state index is -0.294. The SMILES string of the molecule is CC(=O)N1Cc2cc(C)ccc2OC2(CCN(Cc3cccnc3)CC2)C1. The van der Waals surface area contributed by atoms with E-state index in [2.05, 4.69) is 41.1 Å². The van der Waals surface area contributed by atoms with Crippen molar-refractivity contribution in [3.8, 4) is 5.75 Å². The predicted octanol–water partition coefficient (Wildman–Crippen LogP) is 3.17. The van der Waals surface area contributed by atoms with Crippen LogP contribution in [0.15, 0.2) is 42.7 Å². The first-order valence-electron chi connectivity index (χ1n) is 9.68. The highest BCUT2D eigenvalue weighted by atomic mass is 16.5. The predicted molar refractivity (Wildman–Crippen MR) is 104 cm³/mol. The Kier molecular flexibility index (Phi) is 4.87. The number of piperidine rings is 1. The summed E-state index contributed by atoms with van der Waals surface area (Å²) in [4.78, 5) is 20.8. The van der Waals surface area contributed by atoms with Crippen LogP contribution in [-0.4, -0.2) is 45.9 Å². The summed E-state index contributed by atoms with van der Waals surface area (Å²) in [6, 6.07) is 10.4. The van der Waals surface area contributed by atoms with Gasteiger partial charge in [-0.15, -0.1) is 0 Å². The minimum Gasteiger partial charge on any atom is -0.485 e. The Morgan fingerprint density at radius 3 is 2.78 bits per heavy atom. The van der Waals surface area contributed by atoms with Gasteiger partial charge in [-0.3, -0.25) is 14.7 Å². The Hall–Kier alpha value is -2.40. The number of hydrogen-bond acceptors (Lipinski definition) is 4. The number of nitrogens with zero attached hydrogens (tertiary/aromatic N) is 3. The number of rotatable bonds is 2. The van der Waals surface area contributed by atoms with Gasteiger partial charge in [0.25, 0.3) is 0 Å². The maximum atomic E-state index is 12.2. The van der Waals surface area contributed by atoms with Crippen molar-refractivity contribution >= 4 is 5.91 Å². The van der Waals surface area contributed by atoms with Crippen LogP contribution >= 0.6 is 0 Å². The van der Waals surface area contributed by atoms with Crippen molar-refractivity contribution < 1.29 is 9.53 Å². The second kappa shape index (κ2) is 7.31. The van der Waals surface area contributed by atoms with Gasteiger partial charge in [-0.1, -0.05) is 23.8 Å². The average molecular weight is 365 g/mol. The first kappa shape index (κ1) is 18.0. The van der Waals surface area contributed by atoms with Crippen molar-refractivity contribution in [1.82, 2.24) is 14.8 Å². The molecule has 4 rings (SSSR count). The largest absolute Gasteiger partial charge is 0.485 e. The summed E-state index contributed by atoms with van der Waals surface area (Å²) in [5.74, 6) is 1.05. The van der Waals surface area contributed by atoms with E-state index in [9.17, 15) is 4.79 Å². The van der Waals surface area contributed by atoms with Gasteiger partial charge in [-0.05, 0) is 24.6 Å². The molecule has 2 aliphatic heterocycles. The van der Waals surface area contributed by atoms with E-state index < -0.39 is 0 Å². The molecule has 1 amide bonds. The van der Waals surface area contributed by atoms with Crippen LogP contribution in [-0.2, 0) is 17.9 Å². The lowest BCUT2D eigenvalue weighted by atomic mass is 9.90. The Morgan fingerprint density at radius 2 is 2.07 bits per heavy atom. The molecule has 1 spiro atoms. The van der Waals surface area contributed by atoms with Gasteiger partial charge in [0.2, 0.25) is 5.91 Å². The zero-order chi connectivity index (χ0) is 18.9. The molecular formula is C22H27N3O2. The summed E-state index contributed by atoms with van der Waals surface area (Å²) >= 11 is 0. The molecule has 0 N–H and O–H groups in total. The average Bonchev–Trinajstić information content (AvgIpc) is 2.81. The quantitative estimate of drug-likeness (QED) is 0.820. The second-order valence-electron chi connectivity index (χ2n) is 7.91. The molecule has 5 nitrogen and oxygen atoms in total. The standard InChI is InChI=1S/C22H27N3O2/c1-17-5-6-21-20(12-17)15-25(18(2)26)16-22(27-21)7-10-24(11-8-22)14-19-4-3-9-23-13-19/h3-6,9,12-13H,7-8,10-11,14-16H2,1-2H3. The monoisotopic (exact) mass is 365 g/mol. The van der Waals surface area contributed by atoms with E-state index in [1.165, 1.54) is 11.1 Å². The molecule has 1 fully saturated rings. The molecule has 0 unspecified atom stereocenters. The highest BCUT2D eigenvalue weighted by Crippen LogP contribution is 2.36. The fraction of sp³-hybridized carbons (Fsp3) is 0.455. The Morgan fingerprint density at radius 1 is 1.26 bits per heavy atom. The van der Waals surface area contributed by atoms with Crippen LogP contribution in [0.25, 0.3) is 0 Å². The van der Waals surface area contributed by atoms with Crippen LogP contribution in [0.4, 0.5) is 0 Å². The summed E-state index contributed by atoms with van der Waals surface area (Å²) in [5.41, 5.74) is 3.25. The molecule has 1 aromatic heterocycles. The first-order chi connectivity index (χ1) is 13.0. The summed E-state index contributed by atoms with van der Waals surface area (Å²) in [7, 11) is 0. The number of carbonyl (C=O) groups is 1. The van der Waals surface area contributed by atoms with Gasteiger partial charge in [0.15, 0.2) is 0 Å². The maximum absolute atomic E-state index is 12.2. The highest BCUT2D eigenvalue weighted by molar-refractivity contribution is 5.73. The van der Waals surface area contributed by atoms with Crippen molar-refractivity contribution in [3.63, 3.8) is 0 Å². The lowest BCUT2D eigenvalue weighted by molar-refractivity contribution is -0.132. The molecule has 0 saturated carbocycles. The number of amides is 1. The minimum absolute atomic E-state index is 0.116. The molecule has 5 heteroatoms. The number of likely N-dealkylation sites (tertiary alicyclic amines) is 1. The molecule has 1 saturated heterocycles. The molecule has 0 radical (unpaired) electrons. The van der Waals surface area contributed by atoms with Crippen LogP contribution in [0.1, 0.15) is 36.5 Å². The van der Waals surface area contributed by atoms with Gasteiger partial charge in [0.1, 0.15) is 11.4 Å². The molecule has 1 aromatic carbocycles. The van der Waals surface area contributed by atoms with E-state index in [-0.39, 0.29) is 11.5 Å². The van der Waals surface area contributed by atoms with Crippen LogP contribution in [0, 0.1) is 6.92 Å². The number of carbonyl (C=O) groups excluding carboxylic acids is 1. The molecule has 27 heavy (non-hydrogen) atoms. The third-order valence-electron chi connectivity index (χ3n) is 5.72. The Labute approximate surface area is 161 Å². The fourth-order valence-corrected chi connectivity index (χ4v) is 4.16. The number of pyridine rings is 1. The third kappa shape index (κ3) is 3.98. The van der Waals surface area contributed by atoms with Gasteiger partial charge in [-0.25, -0.2) is 0 Å². The van der Waals surface area contributed by atoms with Crippen molar-refractivity contribution in [2.45, 2.75) is 45.4 Å². The van der Waals surface area contributed by atoms with Gasteiger partial charge in [0.05, 0.1) is 6.54 Å². The van der Waals surface area contributed by atoms with Crippen LogP contribution in [0.2, 0.25) is 0 Å². The van der Waals surface area contributed by atoms with Crippen LogP contribution in [0.3, 0.4) is 0 Å². The Balaban J connectivity index is 1.52. The van der Waals surface area contributed by atoms with E-state index >= 15 is 0 Å². The van der Waals surface area contributed by atoms with E-state index in [0.717, 1.165) is 43.8 Å². The first-order valence-corrected chi connectivity index (χ1v) is 9.68. The van der Waals surface area contributed by atoms with Gasteiger partial charge in [0, 0.05) is 63.9 Å². The lowest BCUT2D eigenvalue weighted by Gasteiger charge is -2.42. The third-order valence-corrected chi connectivity index (χ3v) is 5.72. The molecular weight excluding hydrogens is 338 g/mol. The van der Waals surface area contributed by atoms with Crippen LogP contribution < -0.4 is 4.74 Å². The number of aromatic nitrogens is 1.